The number of hydrogen-bond acceptors (Lipinski definition) is 3. The maximum absolute atomic E-state index is 12.7. The zero-order valence-electron chi connectivity index (χ0n) is 16.8. The fraction of sp³-hybridized carbons (Fsp3) is 0.318. The second-order valence-electron chi connectivity index (χ2n) is 7.06. The Hall–Kier alpha value is -2.58. The Bertz CT molecular complexity index is 977. The number of halogens is 3. The van der Waals surface area contributed by atoms with E-state index in [9.17, 15) is 18.0 Å². The van der Waals surface area contributed by atoms with Crippen LogP contribution in [0.4, 0.5) is 13.2 Å². The van der Waals surface area contributed by atoms with Crippen LogP contribution >= 0.6 is 11.3 Å². The first-order valence-electron chi connectivity index (χ1n) is 9.42. The van der Waals surface area contributed by atoms with Crippen LogP contribution in [0, 0.1) is 13.8 Å². The number of aromatic nitrogens is 1. The third kappa shape index (κ3) is 5.96. The van der Waals surface area contributed by atoms with Gasteiger partial charge in [-0.15, -0.1) is 11.3 Å². The summed E-state index contributed by atoms with van der Waals surface area (Å²) in [6, 6.07) is 12.9. The van der Waals surface area contributed by atoms with Crippen molar-refractivity contribution in [2.75, 3.05) is 6.61 Å². The van der Waals surface area contributed by atoms with E-state index in [0.717, 1.165) is 23.5 Å². The largest absolute Gasteiger partial charge is 0.411 e. The maximum atomic E-state index is 12.7. The van der Waals surface area contributed by atoms with Crippen LogP contribution in [0.15, 0.2) is 47.8 Å². The summed E-state index contributed by atoms with van der Waals surface area (Å²) in [5.74, 6) is -0.155. The number of rotatable bonds is 8. The van der Waals surface area contributed by atoms with Crippen molar-refractivity contribution in [3.8, 4) is 0 Å². The number of amides is 1. The van der Waals surface area contributed by atoms with E-state index in [-0.39, 0.29) is 12.5 Å². The maximum Gasteiger partial charge on any atom is 0.411 e. The molecule has 0 spiro atoms. The van der Waals surface area contributed by atoms with Gasteiger partial charge < -0.3 is 14.6 Å². The Morgan fingerprint density at radius 1 is 1.13 bits per heavy atom. The van der Waals surface area contributed by atoms with Crippen LogP contribution in [0.2, 0.25) is 0 Å². The molecule has 0 saturated heterocycles. The van der Waals surface area contributed by atoms with Gasteiger partial charge in [0, 0.05) is 22.8 Å². The van der Waals surface area contributed by atoms with E-state index >= 15 is 0 Å². The molecule has 8 heteroatoms. The molecule has 0 unspecified atom stereocenters. The molecule has 4 nitrogen and oxygen atoms in total. The molecule has 1 N–H and O–H groups in total. The molecular formula is C22H23F3N2O2S. The Labute approximate surface area is 177 Å². The number of nitrogens with one attached hydrogen (secondary N) is 1. The number of carbonyl (C=O) groups excluding carboxylic acids is 1. The van der Waals surface area contributed by atoms with Gasteiger partial charge in [-0.05, 0) is 42.5 Å². The molecule has 0 atom stereocenters. The molecule has 1 amide bonds. The van der Waals surface area contributed by atoms with E-state index in [1.165, 1.54) is 4.88 Å². The molecule has 0 bridgehead atoms. The van der Waals surface area contributed by atoms with Crippen molar-refractivity contribution in [3.05, 3.63) is 80.8 Å². The lowest BCUT2D eigenvalue weighted by Gasteiger charge is -2.10. The molecule has 2 aromatic heterocycles. The molecule has 0 aliphatic carbocycles. The Morgan fingerprint density at radius 3 is 2.47 bits per heavy atom. The summed E-state index contributed by atoms with van der Waals surface area (Å²) in [5, 5.41) is 4.94. The van der Waals surface area contributed by atoms with Crippen molar-refractivity contribution in [2.45, 2.75) is 39.7 Å². The zero-order valence-corrected chi connectivity index (χ0v) is 17.6. The third-order valence-corrected chi connectivity index (χ3v) is 5.58. The molecule has 0 fully saturated rings. The Kier molecular flexibility index (Phi) is 6.99. The van der Waals surface area contributed by atoms with Crippen molar-refractivity contribution in [3.63, 3.8) is 0 Å². The molecule has 0 saturated carbocycles. The highest BCUT2D eigenvalue weighted by molar-refractivity contribution is 7.09. The normalized spacial score (nSPS) is 11.6. The number of carbonyl (C=O) groups is 1. The summed E-state index contributed by atoms with van der Waals surface area (Å²) in [5.41, 5.74) is 4.08. The number of hydrogen-bond donors (Lipinski definition) is 1. The molecule has 3 aromatic rings. The summed E-state index contributed by atoms with van der Waals surface area (Å²) in [4.78, 5) is 13.9. The fourth-order valence-corrected chi connectivity index (χ4v) is 3.84. The number of alkyl halides is 3. The van der Waals surface area contributed by atoms with Crippen molar-refractivity contribution in [1.29, 1.82) is 0 Å². The quantitative estimate of drug-likeness (QED) is 0.526. The van der Waals surface area contributed by atoms with E-state index in [4.69, 9.17) is 0 Å². The SMILES string of the molecule is Cc1cc(C(=O)NCc2ccc(COCC(F)(F)F)cc2)c(C)n1Cc1cccs1. The lowest BCUT2D eigenvalue weighted by atomic mass is 10.1. The predicted molar refractivity (Wildman–Crippen MR) is 111 cm³/mol. The first-order chi connectivity index (χ1) is 14.2. The van der Waals surface area contributed by atoms with E-state index in [0.29, 0.717) is 17.7 Å². The van der Waals surface area contributed by atoms with Crippen LogP contribution in [0.25, 0.3) is 0 Å². The van der Waals surface area contributed by atoms with Crippen molar-refractivity contribution in [1.82, 2.24) is 9.88 Å². The highest BCUT2D eigenvalue weighted by atomic mass is 32.1. The zero-order chi connectivity index (χ0) is 21.7. The van der Waals surface area contributed by atoms with Gasteiger partial charge in [0.05, 0.1) is 18.7 Å². The van der Waals surface area contributed by atoms with Gasteiger partial charge in [-0.25, -0.2) is 0 Å². The van der Waals surface area contributed by atoms with Crippen LogP contribution in [0.5, 0.6) is 0 Å². The van der Waals surface area contributed by atoms with Crippen LogP contribution in [0.1, 0.15) is 37.7 Å². The van der Waals surface area contributed by atoms with E-state index < -0.39 is 12.8 Å². The molecule has 160 valence electrons. The lowest BCUT2D eigenvalue weighted by molar-refractivity contribution is -0.176. The third-order valence-electron chi connectivity index (χ3n) is 4.72. The molecule has 30 heavy (non-hydrogen) atoms. The van der Waals surface area contributed by atoms with Gasteiger partial charge in [0.15, 0.2) is 0 Å². The van der Waals surface area contributed by atoms with Crippen LogP contribution in [-0.2, 0) is 24.4 Å². The number of ether oxygens (including phenoxy) is 1. The predicted octanol–water partition coefficient (Wildman–Crippen LogP) is 5.22. The molecule has 1 aromatic carbocycles. The monoisotopic (exact) mass is 436 g/mol. The molecule has 3 rings (SSSR count). The highest BCUT2D eigenvalue weighted by Gasteiger charge is 2.27. The standard InChI is InChI=1S/C22H23F3N2O2S/c1-15-10-20(16(2)27(15)12-19-4-3-9-30-19)21(28)26-11-17-5-7-18(8-6-17)13-29-14-22(23,24)25/h3-10H,11-14H2,1-2H3,(H,26,28). The Morgan fingerprint density at radius 2 is 1.83 bits per heavy atom. The van der Waals surface area contributed by atoms with Gasteiger partial charge in [-0.2, -0.15) is 13.2 Å². The van der Waals surface area contributed by atoms with Crippen LogP contribution in [0.3, 0.4) is 0 Å². The molecule has 2 heterocycles. The second-order valence-corrected chi connectivity index (χ2v) is 8.09. The summed E-state index contributed by atoms with van der Waals surface area (Å²) in [6.07, 6.45) is -4.33. The molecule has 0 aliphatic heterocycles. The molecule has 0 aliphatic rings. The van der Waals surface area contributed by atoms with E-state index in [2.05, 4.69) is 20.7 Å². The number of benzene rings is 1. The first-order valence-corrected chi connectivity index (χ1v) is 10.3. The van der Waals surface area contributed by atoms with Gasteiger partial charge in [0.2, 0.25) is 0 Å². The summed E-state index contributed by atoms with van der Waals surface area (Å²) >= 11 is 1.68. The average molecular weight is 436 g/mol. The first kappa shape index (κ1) is 22.1. The minimum atomic E-state index is -4.33. The van der Waals surface area contributed by atoms with Crippen LogP contribution in [-0.4, -0.2) is 23.3 Å². The van der Waals surface area contributed by atoms with Gasteiger partial charge >= 0.3 is 6.18 Å². The van der Waals surface area contributed by atoms with Crippen molar-refractivity contribution < 1.29 is 22.7 Å². The van der Waals surface area contributed by atoms with Gasteiger partial charge in [0.25, 0.3) is 5.91 Å². The number of aryl methyl sites for hydroxylation is 1. The minimum Gasteiger partial charge on any atom is -0.367 e. The van der Waals surface area contributed by atoms with E-state index in [1.807, 2.05) is 31.4 Å². The topological polar surface area (TPSA) is 43.3 Å². The Balaban J connectivity index is 1.55. The lowest BCUT2D eigenvalue weighted by Crippen LogP contribution is -2.23. The number of thiophene rings is 1. The molecule has 0 radical (unpaired) electrons. The smallest absolute Gasteiger partial charge is 0.367 e. The van der Waals surface area contributed by atoms with Crippen molar-refractivity contribution >= 4 is 17.2 Å². The summed E-state index contributed by atoms with van der Waals surface area (Å²) in [6.45, 7) is 3.61. The van der Waals surface area contributed by atoms with Gasteiger partial charge in [-0.3, -0.25) is 4.79 Å². The van der Waals surface area contributed by atoms with E-state index in [1.54, 1.807) is 35.6 Å². The van der Waals surface area contributed by atoms with Crippen molar-refractivity contribution in [2.24, 2.45) is 0 Å². The average Bonchev–Trinajstić information content (AvgIpc) is 3.30. The highest BCUT2D eigenvalue weighted by Crippen LogP contribution is 2.20. The fourth-order valence-electron chi connectivity index (χ4n) is 3.15. The molecular weight excluding hydrogens is 413 g/mol. The van der Waals surface area contributed by atoms with Gasteiger partial charge in [0.1, 0.15) is 6.61 Å². The van der Waals surface area contributed by atoms with Gasteiger partial charge in [-0.1, -0.05) is 30.3 Å². The summed E-state index contributed by atoms with van der Waals surface area (Å²) in [7, 11) is 0. The summed E-state index contributed by atoms with van der Waals surface area (Å²) < 4.78 is 43.1. The number of nitrogens with zero attached hydrogens (tertiary/aromatic N) is 1. The second kappa shape index (κ2) is 9.49. The minimum absolute atomic E-state index is 0.109. The van der Waals surface area contributed by atoms with Crippen LogP contribution < -0.4 is 5.32 Å².